The topological polar surface area (TPSA) is 87.2 Å². The lowest BCUT2D eigenvalue weighted by Gasteiger charge is -2.12. The Balaban J connectivity index is 1.60. The van der Waals surface area contributed by atoms with Crippen molar-refractivity contribution in [2.75, 3.05) is 7.11 Å². The van der Waals surface area contributed by atoms with Crippen molar-refractivity contribution in [3.05, 3.63) is 77.0 Å². The minimum Gasteiger partial charge on any atom is -0.469 e. The average Bonchev–Trinajstić information content (AvgIpc) is 3.26. The van der Waals surface area contributed by atoms with Gasteiger partial charge in [-0.25, -0.2) is 9.97 Å². The van der Waals surface area contributed by atoms with Crippen LogP contribution >= 0.6 is 11.8 Å². The third-order valence-corrected chi connectivity index (χ3v) is 5.49. The van der Waals surface area contributed by atoms with Crippen molar-refractivity contribution < 1.29 is 13.9 Å². The van der Waals surface area contributed by atoms with E-state index in [9.17, 15) is 9.59 Å². The van der Waals surface area contributed by atoms with Crippen LogP contribution in [0.5, 0.6) is 0 Å². The molecule has 4 aromatic rings. The van der Waals surface area contributed by atoms with Gasteiger partial charge in [-0.3, -0.25) is 14.2 Å². The first-order valence-electron chi connectivity index (χ1n) is 9.35. The van der Waals surface area contributed by atoms with E-state index < -0.39 is 0 Å². The van der Waals surface area contributed by atoms with Crippen molar-refractivity contribution in [3.63, 3.8) is 0 Å². The molecule has 2 heterocycles. The lowest BCUT2D eigenvalue weighted by molar-refractivity contribution is -0.140. The molecule has 152 valence electrons. The smallest absolute Gasteiger partial charge is 0.307 e. The van der Waals surface area contributed by atoms with E-state index in [1.54, 1.807) is 24.4 Å². The molecule has 4 rings (SSSR count). The van der Waals surface area contributed by atoms with Gasteiger partial charge >= 0.3 is 5.97 Å². The minimum absolute atomic E-state index is 0.0845. The highest BCUT2D eigenvalue weighted by Gasteiger charge is 2.15. The summed E-state index contributed by atoms with van der Waals surface area (Å²) in [4.78, 5) is 33.5. The fourth-order valence-electron chi connectivity index (χ4n) is 3.00. The highest BCUT2D eigenvalue weighted by atomic mass is 32.2. The number of nitrogens with zero attached hydrogens (tertiary/aromatic N) is 3. The number of rotatable bonds is 7. The van der Waals surface area contributed by atoms with E-state index in [-0.39, 0.29) is 24.5 Å². The van der Waals surface area contributed by atoms with Gasteiger partial charge in [0.1, 0.15) is 0 Å². The number of carbonyl (C=O) groups is 1. The molecule has 0 radical (unpaired) electrons. The van der Waals surface area contributed by atoms with Crippen molar-refractivity contribution >= 4 is 28.6 Å². The summed E-state index contributed by atoms with van der Waals surface area (Å²) in [5, 5.41) is 1.01. The van der Waals surface area contributed by atoms with Crippen LogP contribution in [0.4, 0.5) is 0 Å². The molecule has 0 saturated heterocycles. The molecule has 0 unspecified atom stereocenters. The summed E-state index contributed by atoms with van der Waals surface area (Å²) in [5.74, 6) is 1.23. The maximum absolute atomic E-state index is 13.0. The first kappa shape index (κ1) is 19.9. The molecule has 0 N–H and O–H groups in total. The normalized spacial score (nSPS) is 11.0. The molecule has 0 aliphatic carbocycles. The van der Waals surface area contributed by atoms with Gasteiger partial charge in [-0.2, -0.15) is 0 Å². The maximum Gasteiger partial charge on any atom is 0.307 e. The predicted molar refractivity (Wildman–Crippen MR) is 114 cm³/mol. The van der Waals surface area contributed by atoms with Crippen LogP contribution in [0.25, 0.3) is 22.2 Å². The van der Waals surface area contributed by atoms with Crippen molar-refractivity contribution in [2.24, 2.45) is 0 Å². The number of oxazole rings is 1. The number of benzene rings is 2. The number of carbonyl (C=O) groups excluding carboxylic acids is 1. The van der Waals surface area contributed by atoms with Crippen molar-refractivity contribution in [2.45, 2.75) is 23.9 Å². The molecule has 2 aromatic carbocycles. The van der Waals surface area contributed by atoms with E-state index in [1.165, 1.54) is 23.4 Å². The summed E-state index contributed by atoms with van der Waals surface area (Å²) in [5.41, 5.74) is 1.36. The second kappa shape index (κ2) is 8.96. The Morgan fingerprint density at radius 2 is 1.90 bits per heavy atom. The van der Waals surface area contributed by atoms with Crippen LogP contribution in [0.3, 0.4) is 0 Å². The number of thioether (sulfide) groups is 1. The number of ether oxygens (including phenoxy) is 1. The van der Waals surface area contributed by atoms with Gasteiger partial charge in [0.2, 0.25) is 5.89 Å². The number of para-hydroxylation sites is 1. The highest BCUT2D eigenvalue weighted by Crippen LogP contribution is 2.25. The largest absolute Gasteiger partial charge is 0.469 e. The molecule has 0 amide bonds. The van der Waals surface area contributed by atoms with Gasteiger partial charge in [0.25, 0.3) is 5.56 Å². The van der Waals surface area contributed by atoms with E-state index in [0.29, 0.717) is 33.5 Å². The zero-order valence-corrected chi connectivity index (χ0v) is 17.1. The second-order valence-corrected chi connectivity index (χ2v) is 7.41. The maximum atomic E-state index is 13.0. The van der Waals surface area contributed by atoms with Crippen molar-refractivity contribution in [1.82, 2.24) is 14.5 Å². The molecule has 0 atom stereocenters. The summed E-state index contributed by atoms with van der Waals surface area (Å²) in [7, 11) is 1.33. The summed E-state index contributed by atoms with van der Waals surface area (Å²) in [6, 6.07) is 16.9. The molecule has 0 fully saturated rings. The van der Waals surface area contributed by atoms with Crippen LogP contribution < -0.4 is 5.56 Å². The number of hydrogen-bond acceptors (Lipinski definition) is 7. The van der Waals surface area contributed by atoms with Gasteiger partial charge in [0, 0.05) is 12.1 Å². The van der Waals surface area contributed by atoms with E-state index in [2.05, 4.69) is 9.97 Å². The molecule has 2 aromatic heterocycles. The molecular formula is C22H19N3O4S. The van der Waals surface area contributed by atoms with Crippen LogP contribution in [-0.2, 0) is 21.8 Å². The minimum atomic E-state index is -0.383. The van der Waals surface area contributed by atoms with Gasteiger partial charge in [-0.05, 0) is 12.1 Å². The standard InChI is InChI=1S/C22H19N3O4S/c1-28-20(26)11-12-25-21(27)16-9-5-6-10-17(16)24-22(25)30-14-19-23-13-18(29-19)15-7-3-2-4-8-15/h2-10,13H,11-12,14H2,1H3. The Morgan fingerprint density at radius 3 is 2.70 bits per heavy atom. The van der Waals surface area contributed by atoms with Gasteiger partial charge < -0.3 is 9.15 Å². The fraction of sp³-hybridized carbons (Fsp3) is 0.182. The second-order valence-electron chi connectivity index (χ2n) is 6.47. The zero-order valence-electron chi connectivity index (χ0n) is 16.3. The molecule has 0 bridgehead atoms. The van der Waals surface area contributed by atoms with Gasteiger partial charge in [0.15, 0.2) is 10.9 Å². The molecule has 30 heavy (non-hydrogen) atoms. The Bertz CT molecular complexity index is 1230. The van der Waals surface area contributed by atoms with Crippen molar-refractivity contribution in [1.29, 1.82) is 0 Å². The first-order valence-corrected chi connectivity index (χ1v) is 10.3. The first-order chi connectivity index (χ1) is 14.7. The van der Waals surface area contributed by atoms with Crippen LogP contribution in [0, 0.1) is 0 Å². The number of methoxy groups -OCH3 is 1. The predicted octanol–water partition coefficient (Wildman–Crippen LogP) is 3.91. The van der Waals surface area contributed by atoms with E-state index in [1.807, 2.05) is 36.4 Å². The fourth-order valence-corrected chi connectivity index (χ4v) is 3.88. The quantitative estimate of drug-likeness (QED) is 0.254. The molecule has 0 saturated carbocycles. The monoisotopic (exact) mass is 421 g/mol. The Kier molecular flexibility index (Phi) is 5.94. The number of aromatic nitrogens is 3. The lowest BCUT2D eigenvalue weighted by atomic mass is 10.2. The third-order valence-electron chi connectivity index (χ3n) is 4.53. The Labute approximate surface area is 176 Å². The molecular weight excluding hydrogens is 402 g/mol. The van der Waals surface area contributed by atoms with Gasteiger partial charge in [-0.1, -0.05) is 54.2 Å². The Morgan fingerprint density at radius 1 is 1.13 bits per heavy atom. The summed E-state index contributed by atoms with van der Waals surface area (Å²) >= 11 is 1.34. The number of esters is 1. The van der Waals surface area contributed by atoms with E-state index >= 15 is 0 Å². The zero-order chi connectivity index (χ0) is 20.9. The Hall–Kier alpha value is -3.39. The number of fused-ring (bicyclic) bond motifs is 1. The van der Waals surface area contributed by atoms with Crippen LogP contribution in [0.15, 0.2) is 75.2 Å². The summed E-state index contributed by atoms with van der Waals surface area (Å²) in [6.45, 7) is 0.187. The highest BCUT2D eigenvalue weighted by molar-refractivity contribution is 7.98. The number of hydrogen-bond donors (Lipinski definition) is 0. The van der Waals surface area contributed by atoms with Crippen molar-refractivity contribution in [3.8, 4) is 11.3 Å². The lowest BCUT2D eigenvalue weighted by Crippen LogP contribution is -2.24. The van der Waals surface area contributed by atoms with E-state index in [4.69, 9.17) is 9.15 Å². The molecule has 7 nitrogen and oxygen atoms in total. The molecule has 0 aliphatic heterocycles. The van der Waals surface area contributed by atoms with Crippen LogP contribution in [-0.4, -0.2) is 27.6 Å². The third kappa shape index (κ3) is 4.28. The summed E-state index contributed by atoms with van der Waals surface area (Å²) in [6.07, 6.45) is 1.77. The van der Waals surface area contributed by atoms with Crippen LogP contribution in [0.1, 0.15) is 12.3 Å². The molecule has 8 heteroatoms. The van der Waals surface area contributed by atoms with Gasteiger partial charge in [0.05, 0.1) is 36.4 Å². The summed E-state index contributed by atoms with van der Waals surface area (Å²) < 4.78 is 12.1. The average molecular weight is 421 g/mol. The molecule has 0 aliphatic rings. The van der Waals surface area contributed by atoms with Gasteiger partial charge in [-0.15, -0.1) is 0 Å². The molecule has 0 spiro atoms. The van der Waals surface area contributed by atoms with Crippen LogP contribution in [0.2, 0.25) is 0 Å². The van der Waals surface area contributed by atoms with E-state index in [0.717, 1.165) is 5.56 Å². The SMILES string of the molecule is COC(=O)CCn1c(SCc2ncc(-c3ccccc3)o2)nc2ccccc2c1=O.